The van der Waals surface area contributed by atoms with Crippen molar-refractivity contribution in [3.8, 4) is 0 Å². The van der Waals surface area contributed by atoms with Gasteiger partial charge in [-0.1, -0.05) is 0 Å². The number of nitrogens with two attached hydrogens (primary N) is 2. The lowest BCUT2D eigenvalue weighted by atomic mass is 10.1. The minimum absolute atomic E-state index is 0.302. The molecule has 4 atom stereocenters. The van der Waals surface area contributed by atoms with Crippen molar-refractivity contribution in [3.05, 3.63) is 0 Å². The third-order valence-corrected chi connectivity index (χ3v) is 4.24. The molecule has 10 heteroatoms. The molecule has 0 aliphatic rings. The van der Waals surface area contributed by atoms with Crippen molar-refractivity contribution in [1.82, 2.24) is 10.6 Å². The highest BCUT2D eigenvalue weighted by Gasteiger charge is 2.30. The smallest absolute Gasteiger partial charge is 0.328 e. The molecule has 0 aromatic rings. The number of carbonyl (C=O) groups is 3. The summed E-state index contributed by atoms with van der Waals surface area (Å²) < 4.78 is 0. The van der Waals surface area contributed by atoms with E-state index in [9.17, 15) is 19.5 Å². The number of hydrogen-bond donors (Lipinski definition) is 6. The monoisotopic (exact) mass is 378 g/mol. The van der Waals surface area contributed by atoms with Gasteiger partial charge in [-0.15, -0.1) is 0 Å². The van der Waals surface area contributed by atoms with Gasteiger partial charge in [-0.25, -0.2) is 4.79 Å². The molecule has 0 fully saturated rings. The molecule has 0 saturated heterocycles. The first-order valence-electron chi connectivity index (χ1n) is 8.20. The van der Waals surface area contributed by atoms with Gasteiger partial charge in [-0.05, 0) is 51.2 Å². The van der Waals surface area contributed by atoms with E-state index in [-0.39, 0.29) is 0 Å². The Bertz CT molecular complexity index is 436. The normalized spacial score (nSPS) is 15.7. The first-order chi connectivity index (χ1) is 11.7. The lowest BCUT2D eigenvalue weighted by molar-refractivity contribution is -0.145. The van der Waals surface area contributed by atoms with E-state index in [0.717, 1.165) is 0 Å². The molecule has 0 aromatic carbocycles. The number of carboxylic acid groups (broad SMARTS) is 1. The highest BCUT2D eigenvalue weighted by molar-refractivity contribution is 7.98. The van der Waals surface area contributed by atoms with Crippen molar-refractivity contribution < 1.29 is 24.6 Å². The van der Waals surface area contributed by atoms with E-state index in [4.69, 9.17) is 16.6 Å². The number of carbonyl (C=O) groups excluding carboxylic acids is 2. The van der Waals surface area contributed by atoms with Crippen molar-refractivity contribution in [2.75, 3.05) is 18.6 Å². The third-order valence-electron chi connectivity index (χ3n) is 3.60. The SMILES string of the molecule is CSCCC(N)C(=O)NC(CCCCN)C(=O)NC(C(=O)O)C(C)O. The molecule has 0 aromatic heterocycles. The molecule has 8 N–H and O–H groups in total. The van der Waals surface area contributed by atoms with Crippen LogP contribution in [0, 0.1) is 0 Å². The van der Waals surface area contributed by atoms with Crippen LogP contribution in [0.2, 0.25) is 0 Å². The number of rotatable bonds is 13. The minimum Gasteiger partial charge on any atom is -0.480 e. The summed E-state index contributed by atoms with van der Waals surface area (Å²) in [6.45, 7) is 1.71. The van der Waals surface area contributed by atoms with Crippen LogP contribution in [-0.2, 0) is 14.4 Å². The Balaban J connectivity index is 4.92. The number of hydrogen-bond acceptors (Lipinski definition) is 7. The molecule has 146 valence electrons. The fourth-order valence-electron chi connectivity index (χ4n) is 2.06. The topological polar surface area (TPSA) is 168 Å². The van der Waals surface area contributed by atoms with Gasteiger partial charge >= 0.3 is 5.97 Å². The fraction of sp³-hybridized carbons (Fsp3) is 0.800. The molecule has 4 unspecified atom stereocenters. The predicted molar refractivity (Wildman–Crippen MR) is 97.1 cm³/mol. The maximum Gasteiger partial charge on any atom is 0.328 e. The van der Waals surface area contributed by atoms with Crippen LogP contribution in [0.4, 0.5) is 0 Å². The summed E-state index contributed by atoms with van der Waals surface area (Å²) in [7, 11) is 0. The number of aliphatic hydroxyl groups excluding tert-OH is 1. The zero-order valence-electron chi connectivity index (χ0n) is 14.7. The van der Waals surface area contributed by atoms with Crippen LogP contribution in [0.5, 0.6) is 0 Å². The zero-order valence-corrected chi connectivity index (χ0v) is 15.6. The molecule has 0 spiro atoms. The molecule has 0 saturated carbocycles. The van der Waals surface area contributed by atoms with Crippen LogP contribution in [0.15, 0.2) is 0 Å². The molecule has 25 heavy (non-hydrogen) atoms. The zero-order chi connectivity index (χ0) is 19.4. The van der Waals surface area contributed by atoms with Gasteiger partial charge in [0.1, 0.15) is 6.04 Å². The van der Waals surface area contributed by atoms with E-state index in [1.54, 1.807) is 11.8 Å². The fourth-order valence-corrected chi connectivity index (χ4v) is 2.55. The maximum absolute atomic E-state index is 12.4. The molecule has 0 aliphatic carbocycles. The van der Waals surface area contributed by atoms with E-state index < -0.39 is 42.0 Å². The summed E-state index contributed by atoms with van der Waals surface area (Å²) >= 11 is 1.56. The first kappa shape index (κ1) is 23.6. The van der Waals surface area contributed by atoms with Gasteiger partial charge in [-0.3, -0.25) is 9.59 Å². The van der Waals surface area contributed by atoms with Gasteiger partial charge in [0.25, 0.3) is 0 Å². The van der Waals surface area contributed by atoms with Gasteiger partial charge in [-0.2, -0.15) is 11.8 Å². The van der Waals surface area contributed by atoms with E-state index in [0.29, 0.717) is 38.0 Å². The van der Waals surface area contributed by atoms with Crippen LogP contribution in [-0.4, -0.2) is 70.8 Å². The second kappa shape index (κ2) is 12.9. The number of unbranched alkanes of at least 4 members (excludes halogenated alkanes) is 1. The van der Waals surface area contributed by atoms with Crippen LogP contribution in [0.25, 0.3) is 0 Å². The Kier molecular flexibility index (Phi) is 12.2. The lowest BCUT2D eigenvalue weighted by Crippen LogP contribution is -2.56. The van der Waals surface area contributed by atoms with Crippen molar-refractivity contribution in [3.63, 3.8) is 0 Å². The second-order valence-corrected chi connectivity index (χ2v) is 6.78. The van der Waals surface area contributed by atoms with Crippen molar-refractivity contribution in [2.24, 2.45) is 11.5 Å². The summed E-state index contributed by atoms with van der Waals surface area (Å²) in [4.78, 5) is 35.6. The van der Waals surface area contributed by atoms with Crippen molar-refractivity contribution in [1.29, 1.82) is 0 Å². The Labute approximate surface area is 152 Å². The molecule has 0 heterocycles. The molecule has 0 rings (SSSR count). The highest BCUT2D eigenvalue weighted by atomic mass is 32.2. The largest absolute Gasteiger partial charge is 0.480 e. The summed E-state index contributed by atoms with van der Waals surface area (Å²) in [5.74, 6) is -1.78. The number of amides is 2. The molecular weight excluding hydrogens is 348 g/mol. The second-order valence-electron chi connectivity index (χ2n) is 5.80. The van der Waals surface area contributed by atoms with Gasteiger partial charge in [0.2, 0.25) is 11.8 Å². The lowest BCUT2D eigenvalue weighted by Gasteiger charge is -2.24. The van der Waals surface area contributed by atoms with E-state index in [1.165, 1.54) is 6.92 Å². The summed E-state index contributed by atoms with van der Waals surface area (Å²) in [6.07, 6.45) is 2.64. The molecule has 0 radical (unpaired) electrons. The average molecular weight is 378 g/mol. The quantitative estimate of drug-likeness (QED) is 0.213. The van der Waals surface area contributed by atoms with Crippen LogP contribution in [0.1, 0.15) is 32.6 Å². The highest BCUT2D eigenvalue weighted by Crippen LogP contribution is 2.05. The van der Waals surface area contributed by atoms with Crippen molar-refractivity contribution in [2.45, 2.75) is 56.8 Å². The molecule has 9 nitrogen and oxygen atoms in total. The van der Waals surface area contributed by atoms with Gasteiger partial charge in [0, 0.05) is 0 Å². The van der Waals surface area contributed by atoms with E-state index in [1.807, 2.05) is 6.26 Å². The van der Waals surface area contributed by atoms with Gasteiger partial charge in [0.05, 0.1) is 12.1 Å². The predicted octanol–water partition coefficient (Wildman–Crippen LogP) is -1.37. The van der Waals surface area contributed by atoms with E-state index >= 15 is 0 Å². The Morgan fingerprint density at radius 2 is 1.76 bits per heavy atom. The van der Waals surface area contributed by atoms with Gasteiger partial charge < -0.3 is 32.3 Å². The van der Waals surface area contributed by atoms with Crippen LogP contribution in [0.3, 0.4) is 0 Å². The third kappa shape index (κ3) is 9.63. The Hall–Kier alpha value is -1.36. The van der Waals surface area contributed by atoms with Crippen LogP contribution >= 0.6 is 11.8 Å². The number of carboxylic acids is 1. The van der Waals surface area contributed by atoms with Crippen molar-refractivity contribution >= 4 is 29.5 Å². The number of thioether (sulfide) groups is 1. The first-order valence-corrected chi connectivity index (χ1v) is 9.60. The molecule has 0 bridgehead atoms. The average Bonchev–Trinajstić information content (AvgIpc) is 2.55. The number of aliphatic carboxylic acids is 1. The Morgan fingerprint density at radius 1 is 1.12 bits per heavy atom. The minimum atomic E-state index is -1.45. The summed E-state index contributed by atoms with van der Waals surface area (Å²) in [6, 6.07) is -3.13. The maximum atomic E-state index is 12.4. The molecular formula is C15H30N4O5S. The standard InChI is InChI=1S/C15H30N4O5S/c1-9(20)12(15(23)24)19-14(22)11(5-3-4-7-16)18-13(21)10(17)6-8-25-2/h9-12,20H,3-8,16-17H2,1-2H3,(H,18,21)(H,19,22)(H,23,24). The summed E-state index contributed by atoms with van der Waals surface area (Å²) in [5.41, 5.74) is 11.2. The van der Waals surface area contributed by atoms with Crippen LogP contribution < -0.4 is 22.1 Å². The molecule has 0 aliphatic heterocycles. The van der Waals surface area contributed by atoms with E-state index in [2.05, 4.69) is 10.6 Å². The number of aliphatic hydroxyl groups is 1. The number of nitrogens with one attached hydrogen (secondary N) is 2. The summed E-state index contributed by atoms with van der Waals surface area (Å²) in [5, 5.41) is 23.3. The Morgan fingerprint density at radius 3 is 2.24 bits per heavy atom. The van der Waals surface area contributed by atoms with Gasteiger partial charge in [0.15, 0.2) is 6.04 Å². The molecule has 2 amide bonds.